The summed E-state index contributed by atoms with van der Waals surface area (Å²) >= 11 is 11.2. The molecule has 0 aromatic carbocycles. The minimum atomic E-state index is 0.00983. The Morgan fingerprint density at radius 2 is 2.12 bits per heavy atom. The van der Waals surface area contributed by atoms with E-state index in [1.807, 2.05) is 0 Å². The lowest BCUT2D eigenvalue weighted by molar-refractivity contribution is -0.103. The maximum atomic E-state index is 13.3. The molecule has 0 radical (unpaired) electrons. The lowest BCUT2D eigenvalue weighted by Crippen LogP contribution is -2.54. The lowest BCUT2D eigenvalue weighted by atomic mass is 9.45. The van der Waals surface area contributed by atoms with Crippen molar-refractivity contribution in [3.05, 3.63) is 26.7 Å². The summed E-state index contributed by atoms with van der Waals surface area (Å²) in [6, 6.07) is 2.20. The maximum absolute atomic E-state index is 13.3. The number of hydrogen-bond acceptors (Lipinski definition) is 3. The van der Waals surface area contributed by atoms with E-state index in [1.165, 1.54) is 35.4 Å². The van der Waals surface area contributed by atoms with Crippen molar-refractivity contribution in [1.82, 2.24) is 15.1 Å². The summed E-state index contributed by atoms with van der Waals surface area (Å²) in [5.41, 5.74) is 4.68. The van der Waals surface area contributed by atoms with E-state index in [9.17, 15) is 4.79 Å². The smallest absolute Gasteiger partial charge is 0.272 e. The average molecular weight is 539 g/mol. The zero-order chi connectivity index (χ0) is 22.5. The molecular weight excluding hydrogens is 506 g/mol. The van der Waals surface area contributed by atoms with Crippen LogP contribution in [-0.2, 0) is 13.0 Å². The highest BCUT2D eigenvalue weighted by molar-refractivity contribution is 9.11. The van der Waals surface area contributed by atoms with Gasteiger partial charge in [0, 0.05) is 31.0 Å². The number of thiophene rings is 1. The number of unbranched alkanes of at least 4 members (excludes halogenated alkanes) is 3. The number of amides is 1. The zero-order valence-electron chi connectivity index (χ0n) is 19.1. The number of aryl methyl sites for hydroxylation is 1. The van der Waals surface area contributed by atoms with Crippen molar-refractivity contribution in [2.75, 3.05) is 12.4 Å². The number of hydrogen-bond donors (Lipinski definition) is 1. The summed E-state index contributed by atoms with van der Waals surface area (Å²) in [5.74, 6) is 2.99. The summed E-state index contributed by atoms with van der Waals surface area (Å²) in [7, 11) is 0. The minimum absolute atomic E-state index is 0.00983. The predicted octanol–water partition coefficient (Wildman–Crippen LogP) is 6.88. The monoisotopic (exact) mass is 537 g/mol. The molecule has 2 aromatic heterocycles. The normalized spacial score (nSPS) is 24.7. The summed E-state index contributed by atoms with van der Waals surface area (Å²) in [6.07, 6.45) is 9.13. The van der Waals surface area contributed by atoms with Crippen LogP contribution in [0.2, 0.25) is 0 Å². The predicted molar refractivity (Wildman–Crippen MR) is 136 cm³/mol. The Labute approximate surface area is 208 Å². The van der Waals surface area contributed by atoms with Crippen molar-refractivity contribution in [2.24, 2.45) is 23.2 Å². The highest BCUT2D eigenvalue weighted by atomic mass is 79.9. The number of nitrogens with zero attached hydrogens (tertiary/aromatic N) is 2. The molecular formula is C25H33BrClN3OS. The fourth-order valence-corrected chi connectivity index (χ4v) is 8.34. The molecule has 3 atom stereocenters. The molecule has 0 saturated heterocycles. The highest BCUT2D eigenvalue weighted by Crippen LogP contribution is 2.61. The number of aromatic nitrogens is 2. The topological polar surface area (TPSA) is 46.9 Å². The molecule has 0 aliphatic heterocycles. The van der Waals surface area contributed by atoms with Gasteiger partial charge in [0.15, 0.2) is 5.69 Å². The lowest BCUT2D eigenvalue weighted by Gasteiger charge is -2.60. The average Bonchev–Trinajstić information content (AvgIpc) is 3.41. The van der Waals surface area contributed by atoms with Crippen molar-refractivity contribution in [3.8, 4) is 10.6 Å². The summed E-state index contributed by atoms with van der Waals surface area (Å²) in [6.45, 7) is 6.47. The van der Waals surface area contributed by atoms with Crippen LogP contribution in [0.4, 0.5) is 0 Å². The first-order valence-corrected chi connectivity index (χ1v) is 14.3. The van der Waals surface area contributed by atoms with Crippen molar-refractivity contribution >= 4 is 44.8 Å². The number of carbonyl (C=O) groups is 1. The zero-order valence-corrected chi connectivity index (χ0v) is 22.2. The van der Waals surface area contributed by atoms with E-state index in [2.05, 4.69) is 45.8 Å². The molecule has 2 heterocycles. The van der Waals surface area contributed by atoms with Gasteiger partial charge in [-0.1, -0.05) is 26.7 Å². The van der Waals surface area contributed by atoms with Crippen LogP contribution in [0.15, 0.2) is 9.85 Å². The number of fused-ring (bicyclic) bond motifs is 5. The molecule has 0 spiro atoms. The van der Waals surface area contributed by atoms with Gasteiger partial charge < -0.3 is 5.32 Å². The second-order valence-electron chi connectivity index (χ2n) is 10.5. The quantitative estimate of drug-likeness (QED) is 0.238. The van der Waals surface area contributed by atoms with E-state index in [1.54, 1.807) is 11.3 Å². The van der Waals surface area contributed by atoms with Crippen LogP contribution >= 0.6 is 38.9 Å². The number of carbonyl (C=O) groups excluding carboxylic acids is 1. The second-order valence-corrected chi connectivity index (χ2v) is 13.3. The minimum Gasteiger partial charge on any atom is -0.350 e. The molecule has 174 valence electrons. The van der Waals surface area contributed by atoms with Gasteiger partial charge in [0.05, 0.1) is 14.4 Å². The van der Waals surface area contributed by atoms with E-state index in [-0.39, 0.29) is 5.91 Å². The Morgan fingerprint density at radius 1 is 1.31 bits per heavy atom. The molecule has 2 aromatic rings. The van der Waals surface area contributed by atoms with Crippen LogP contribution in [-0.4, -0.2) is 28.1 Å². The third-order valence-electron chi connectivity index (χ3n) is 8.41. The van der Waals surface area contributed by atoms with Crippen molar-refractivity contribution in [2.45, 2.75) is 71.8 Å². The van der Waals surface area contributed by atoms with Crippen LogP contribution in [0.1, 0.15) is 80.4 Å². The SMILES string of the molecule is CC1(C)C2CCC(CNC(=O)c3nn(CCCCCCCl)c4c3Cc3cc(Br)sc3-4)C1C2. The first-order valence-electron chi connectivity index (χ1n) is 12.1. The Morgan fingerprint density at radius 3 is 2.88 bits per heavy atom. The van der Waals surface area contributed by atoms with Gasteiger partial charge in [-0.3, -0.25) is 9.48 Å². The van der Waals surface area contributed by atoms with Crippen LogP contribution in [0.3, 0.4) is 0 Å². The van der Waals surface area contributed by atoms with Crippen molar-refractivity contribution in [3.63, 3.8) is 0 Å². The van der Waals surface area contributed by atoms with Gasteiger partial charge in [-0.15, -0.1) is 22.9 Å². The van der Waals surface area contributed by atoms with E-state index in [4.69, 9.17) is 16.7 Å². The van der Waals surface area contributed by atoms with E-state index in [0.717, 1.165) is 72.3 Å². The molecule has 4 aliphatic rings. The first-order chi connectivity index (χ1) is 15.4. The van der Waals surface area contributed by atoms with Crippen molar-refractivity contribution < 1.29 is 4.79 Å². The number of nitrogens with one attached hydrogen (secondary N) is 1. The molecule has 3 fully saturated rings. The van der Waals surface area contributed by atoms with Gasteiger partial charge in [-0.05, 0) is 82.8 Å². The maximum Gasteiger partial charge on any atom is 0.272 e. The number of halogens is 2. The molecule has 2 bridgehead atoms. The first kappa shape index (κ1) is 22.9. The molecule has 4 aliphatic carbocycles. The van der Waals surface area contributed by atoms with Gasteiger partial charge in [0.2, 0.25) is 0 Å². The van der Waals surface area contributed by atoms with Gasteiger partial charge in [0.1, 0.15) is 0 Å². The largest absolute Gasteiger partial charge is 0.350 e. The van der Waals surface area contributed by atoms with E-state index in [0.29, 0.717) is 17.0 Å². The van der Waals surface area contributed by atoms with Gasteiger partial charge in [-0.2, -0.15) is 5.10 Å². The molecule has 6 rings (SSSR count). The Balaban J connectivity index is 1.30. The van der Waals surface area contributed by atoms with Crippen molar-refractivity contribution in [1.29, 1.82) is 0 Å². The standard InChI is InChI=1S/C25H33BrClN3OS/c1-25(2)17-8-7-15(19(25)13-17)14-28-24(31)21-18-11-16-12-20(26)32-23(16)22(18)30(29-21)10-6-4-3-5-9-27/h12,15,17,19H,3-11,13-14H2,1-2H3,(H,28,31). The number of alkyl halides is 1. The Kier molecular flexibility index (Phi) is 6.50. The van der Waals surface area contributed by atoms with E-state index >= 15 is 0 Å². The van der Waals surface area contributed by atoms with Crippen LogP contribution < -0.4 is 5.32 Å². The fourth-order valence-electron chi connectivity index (χ4n) is 6.41. The van der Waals surface area contributed by atoms with Gasteiger partial charge in [-0.25, -0.2) is 0 Å². The van der Waals surface area contributed by atoms with Crippen LogP contribution in [0.25, 0.3) is 10.6 Å². The third kappa shape index (κ3) is 3.98. The van der Waals surface area contributed by atoms with E-state index < -0.39 is 0 Å². The highest BCUT2D eigenvalue weighted by Gasteiger charge is 2.54. The summed E-state index contributed by atoms with van der Waals surface area (Å²) in [4.78, 5) is 14.6. The molecule has 3 unspecified atom stereocenters. The van der Waals surface area contributed by atoms with Gasteiger partial charge in [0.25, 0.3) is 5.91 Å². The third-order valence-corrected chi connectivity index (χ3v) is 10.4. The summed E-state index contributed by atoms with van der Waals surface area (Å²) < 4.78 is 3.24. The molecule has 1 N–H and O–H groups in total. The Bertz CT molecular complexity index is 1010. The molecule has 32 heavy (non-hydrogen) atoms. The van der Waals surface area contributed by atoms with Gasteiger partial charge >= 0.3 is 0 Å². The molecule has 4 nitrogen and oxygen atoms in total. The fraction of sp³-hybridized carbons (Fsp3) is 0.680. The molecule has 3 saturated carbocycles. The molecule has 1 amide bonds. The van der Waals surface area contributed by atoms with Crippen LogP contribution in [0.5, 0.6) is 0 Å². The Hall–Kier alpha value is -0.850. The number of rotatable bonds is 9. The van der Waals surface area contributed by atoms with Crippen LogP contribution in [0, 0.1) is 23.2 Å². The molecule has 7 heteroatoms. The second kappa shape index (κ2) is 9.07. The summed E-state index contributed by atoms with van der Waals surface area (Å²) in [5, 5.41) is 8.13.